The van der Waals surface area contributed by atoms with Gasteiger partial charge in [-0.15, -0.1) is 0 Å². The minimum absolute atomic E-state index is 0.222. The van der Waals surface area contributed by atoms with Crippen molar-refractivity contribution in [2.45, 2.75) is 13.8 Å². The predicted octanol–water partition coefficient (Wildman–Crippen LogP) is 4.80. The normalized spacial score (nSPS) is 13.5. The van der Waals surface area contributed by atoms with E-state index in [9.17, 15) is 9.59 Å². The molecule has 3 aromatic carbocycles. The van der Waals surface area contributed by atoms with Crippen LogP contribution < -0.4 is 19.7 Å². The zero-order valence-corrected chi connectivity index (χ0v) is 18.2. The Morgan fingerprint density at radius 2 is 1.56 bits per heavy atom. The van der Waals surface area contributed by atoms with Crippen LogP contribution in [0.5, 0.6) is 11.5 Å². The van der Waals surface area contributed by atoms with Crippen molar-refractivity contribution in [2.75, 3.05) is 23.9 Å². The van der Waals surface area contributed by atoms with Gasteiger partial charge in [0.25, 0.3) is 11.8 Å². The Morgan fingerprint density at radius 3 is 2.25 bits per heavy atom. The van der Waals surface area contributed by atoms with Crippen LogP contribution in [0.15, 0.2) is 78.5 Å². The molecule has 0 fully saturated rings. The van der Waals surface area contributed by atoms with Gasteiger partial charge in [0.05, 0.1) is 25.0 Å². The van der Waals surface area contributed by atoms with Crippen LogP contribution in [0.3, 0.4) is 0 Å². The van der Waals surface area contributed by atoms with Gasteiger partial charge in [0.1, 0.15) is 17.2 Å². The molecular formula is C26H24N2O4. The summed E-state index contributed by atoms with van der Waals surface area (Å²) in [6.45, 7) is 4.39. The molecule has 0 atom stereocenters. The summed E-state index contributed by atoms with van der Waals surface area (Å²) < 4.78 is 10.9. The number of anilines is 2. The van der Waals surface area contributed by atoms with Crippen molar-refractivity contribution in [1.82, 2.24) is 0 Å². The van der Waals surface area contributed by atoms with E-state index < -0.39 is 11.8 Å². The lowest BCUT2D eigenvalue weighted by Gasteiger charge is -2.18. The highest BCUT2D eigenvalue weighted by Crippen LogP contribution is 2.38. The quantitative estimate of drug-likeness (QED) is 0.548. The average molecular weight is 428 g/mol. The fraction of sp³-hybridized carbons (Fsp3) is 0.154. The first-order valence-corrected chi connectivity index (χ1v) is 10.4. The molecule has 0 aliphatic carbocycles. The van der Waals surface area contributed by atoms with Gasteiger partial charge in [-0.25, -0.2) is 4.90 Å². The van der Waals surface area contributed by atoms with Crippen molar-refractivity contribution >= 4 is 28.8 Å². The third-order valence-corrected chi connectivity index (χ3v) is 5.27. The van der Waals surface area contributed by atoms with Crippen LogP contribution >= 0.6 is 0 Å². The second kappa shape index (κ2) is 8.98. The first-order valence-electron chi connectivity index (χ1n) is 10.4. The highest BCUT2D eigenvalue weighted by Gasteiger charge is 2.41. The summed E-state index contributed by atoms with van der Waals surface area (Å²) >= 11 is 0. The number of nitrogens with one attached hydrogen (secondary N) is 1. The topological polar surface area (TPSA) is 67.9 Å². The Kier molecular flexibility index (Phi) is 5.94. The Hall–Kier alpha value is -4.06. The first kappa shape index (κ1) is 21.2. The molecular weight excluding hydrogens is 404 g/mol. The lowest BCUT2D eigenvalue weighted by atomic mass is 10.0. The molecule has 0 saturated carbocycles. The molecule has 0 unspecified atom stereocenters. The van der Waals surface area contributed by atoms with E-state index in [2.05, 4.69) is 5.32 Å². The number of hydrogen-bond donors (Lipinski definition) is 1. The van der Waals surface area contributed by atoms with Crippen LogP contribution in [0.4, 0.5) is 11.4 Å². The number of carbonyl (C=O) groups excluding carboxylic acids is 2. The van der Waals surface area contributed by atoms with Crippen LogP contribution in [0.2, 0.25) is 0 Å². The standard InChI is InChI=1S/C26H24N2O4/c1-4-32-19-15-13-18(14-16-19)23-24(27-20-10-6-5-9-17(20)2)26(30)28(25(23)29)21-11-7-8-12-22(21)31-3/h5-16,27H,4H2,1-3H3. The van der Waals surface area contributed by atoms with E-state index in [0.29, 0.717) is 34.9 Å². The lowest BCUT2D eigenvalue weighted by Crippen LogP contribution is -2.32. The molecule has 1 aliphatic rings. The molecule has 0 bridgehead atoms. The van der Waals surface area contributed by atoms with Crippen molar-refractivity contribution in [3.8, 4) is 11.5 Å². The van der Waals surface area contributed by atoms with Crippen LogP contribution in [-0.4, -0.2) is 25.5 Å². The van der Waals surface area contributed by atoms with Gasteiger partial charge in [0.2, 0.25) is 0 Å². The number of para-hydroxylation sites is 3. The summed E-state index contributed by atoms with van der Waals surface area (Å²) in [7, 11) is 1.51. The molecule has 6 nitrogen and oxygen atoms in total. The minimum Gasteiger partial charge on any atom is -0.495 e. The Bertz CT molecular complexity index is 1200. The van der Waals surface area contributed by atoms with Crippen molar-refractivity contribution in [1.29, 1.82) is 0 Å². The largest absolute Gasteiger partial charge is 0.495 e. The maximum absolute atomic E-state index is 13.6. The van der Waals surface area contributed by atoms with E-state index in [-0.39, 0.29) is 5.70 Å². The van der Waals surface area contributed by atoms with Crippen molar-refractivity contribution in [2.24, 2.45) is 0 Å². The number of methoxy groups -OCH3 is 1. The monoisotopic (exact) mass is 428 g/mol. The zero-order chi connectivity index (χ0) is 22.7. The smallest absolute Gasteiger partial charge is 0.282 e. The second-order valence-corrected chi connectivity index (χ2v) is 7.26. The van der Waals surface area contributed by atoms with Crippen LogP contribution in [0, 0.1) is 6.92 Å². The molecule has 3 aromatic rings. The first-order chi connectivity index (χ1) is 15.5. The third-order valence-electron chi connectivity index (χ3n) is 5.27. The van der Waals surface area contributed by atoms with Crippen LogP contribution in [0.1, 0.15) is 18.1 Å². The van der Waals surface area contributed by atoms with Crippen molar-refractivity contribution < 1.29 is 19.1 Å². The summed E-state index contributed by atoms with van der Waals surface area (Å²) in [5.74, 6) is 0.285. The van der Waals surface area contributed by atoms with Crippen molar-refractivity contribution in [3.05, 3.63) is 89.6 Å². The van der Waals surface area contributed by atoms with E-state index in [1.807, 2.05) is 38.1 Å². The number of imide groups is 1. The number of carbonyl (C=O) groups is 2. The van der Waals surface area contributed by atoms with Gasteiger partial charge in [-0.2, -0.15) is 0 Å². The number of nitrogens with zero attached hydrogens (tertiary/aromatic N) is 1. The molecule has 0 aromatic heterocycles. The fourth-order valence-electron chi connectivity index (χ4n) is 3.68. The van der Waals surface area contributed by atoms with Crippen LogP contribution in [0.25, 0.3) is 5.57 Å². The number of hydrogen-bond acceptors (Lipinski definition) is 5. The van der Waals surface area contributed by atoms with Gasteiger partial charge in [-0.3, -0.25) is 9.59 Å². The molecule has 4 rings (SSSR count). The Balaban J connectivity index is 1.83. The molecule has 162 valence electrons. The second-order valence-electron chi connectivity index (χ2n) is 7.26. The molecule has 0 radical (unpaired) electrons. The Labute approximate surface area is 187 Å². The minimum atomic E-state index is -0.438. The SMILES string of the molecule is CCOc1ccc(C2=C(Nc3ccccc3C)C(=O)N(c3ccccc3OC)C2=O)cc1. The number of benzene rings is 3. The summed E-state index contributed by atoms with van der Waals surface area (Å²) in [5.41, 5.74) is 3.26. The molecule has 0 spiro atoms. The van der Waals surface area contributed by atoms with E-state index in [1.54, 1.807) is 48.5 Å². The van der Waals surface area contributed by atoms with Gasteiger partial charge in [0, 0.05) is 5.69 Å². The number of aryl methyl sites for hydroxylation is 1. The summed E-state index contributed by atoms with van der Waals surface area (Å²) in [5, 5.41) is 3.21. The van der Waals surface area contributed by atoms with E-state index in [1.165, 1.54) is 7.11 Å². The third kappa shape index (κ3) is 3.83. The van der Waals surface area contributed by atoms with Crippen molar-refractivity contribution in [3.63, 3.8) is 0 Å². The zero-order valence-electron chi connectivity index (χ0n) is 18.2. The lowest BCUT2D eigenvalue weighted by molar-refractivity contribution is -0.120. The maximum atomic E-state index is 13.6. The van der Waals surface area contributed by atoms with Gasteiger partial charge in [-0.1, -0.05) is 42.5 Å². The van der Waals surface area contributed by atoms with Gasteiger partial charge in [-0.05, 0) is 55.3 Å². The molecule has 0 saturated heterocycles. The number of amides is 2. The molecule has 1 aliphatic heterocycles. The van der Waals surface area contributed by atoms with Gasteiger partial charge < -0.3 is 14.8 Å². The predicted molar refractivity (Wildman–Crippen MR) is 125 cm³/mol. The number of ether oxygens (including phenoxy) is 2. The highest BCUT2D eigenvalue weighted by molar-refractivity contribution is 6.46. The van der Waals surface area contributed by atoms with Gasteiger partial charge >= 0.3 is 0 Å². The molecule has 6 heteroatoms. The Morgan fingerprint density at radius 1 is 0.875 bits per heavy atom. The molecule has 1 N–H and O–H groups in total. The van der Waals surface area contributed by atoms with Gasteiger partial charge in [0.15, 0.2) is 0 Å². The molecule has 2 amide bonds. The number of rotatable bonds is 7. The highest BCUT2D eigenvalue weighted by atomic mass is 16.5. The van der Waals surface area contributed by atoms with E-state index >= 15 is 0 Å². The fourth-order valence-corrected chi connectivity index (χ4v) is 3.68. The summed E-state index contributed by atoms with van der Waals surface area (Å²) in [6.07, 6.45) is 0. The maximum Gasteiger partial charge on any atom is 0.282 e. The van der Waals surface area contributed by atoms with Crippen LogP contribution in [-0.2, 0) is 9.59 Å². The summed E-state index contributed by atoms with van der Waals surface area (Å²) in [6, 6.07) is 21.8. The molecule has 32 heavy (non-hydrogen) atoms. The average Bonchev–Trinajstić information content (AvgIpc) is 3.05. The van der Waals surface area contributed by atoms with E-state index in [0.717, 1.165) is 16.2 Å². The molecule has 1 heterocycles. The van der Waals surface area contributed by atoms with E-state index in [4.69, 9.17) is 9.47 Å². The summed E-state index contributed by atoms with van der Waals surface area (Å²) in [4.78, 5) is 28.3.